The molecular weight excluding hydrogens is 489 g/mol. The molecule has 3 aromatic rings. The molecule has 37 heavy (non-hydrogen) atoms. The van der Waals surface area contributed by atoms with E-state index in [1.54, 1.807) is 21.3 Å². The Morgan fingerprint density at radius 1 is 0.595 bits per heavy atom. The van der Waals surface area contributed by atoms with Crippen LogP contribution >= 0.6 is 0 Å². The number of hydrogen-bond donors (Lipinski definition) is 0. The first kappa shape index (κ1) is 34.0. The maximum absolute atomic E-state index is 10.9. The number of hydrogen-bond acceptors (Lipinski definition) is 6. The molecule has 0 spiro atoms. The first-order chi connectivity index (χ1) is 16.9. The average Bonchev–Trinajstić information content (AvgIpc) is 2.88. The van der Waals surface area contributed by atoms with Crippen LogP contribution in [0.15, 0.2) is 72.8 Å². The van der Waals surface area contributed by atoms with Gasteiger partial charge in [-0.2, -0.15) is 0 Å². The minimum absolute atomic E-state index is 0. The maximum atomic E-state index is 10.9. The first-order valence-corrected chi connectivity index (χ1v) is 11.8. The molecule has 0 N–H and O–H groups in total. The predicted molar refractivity (Wildman–Crippen MR) is 133 cm³/mol. The van der Waals surface area contributed by atoms with E-state index in [-0.39, 0.29) is 71.1 Å². The molecule has 0 radical (unpaired) electrons. The van der Waals surface area contributed by atoms with Crippen molar-refractivity contribution in [3.8, 4) is 17.2 Å². The minimum Gasteiger partial charge on any atom is -0.871 e. The van der Waals surface area contributed by atoms with Crippen LogP contribution in [0.25, 0.3) is 0 Å². The van der Waals surface area contributed by atoms with Gasteiger partial charge in [0.15, 0.2) is 0 Å². The predicted octanol–water partition coefficient (Wildman–Crippen LogP) is -2.76. The molecule has 0 atom stereocenters. The summed E-state index contributed by atoms with van der Waals surface area (Å²) in [5.74, 6) is 2.44. The van der Waals surface area contributed by atoms with Gasteiger partial charge in [0, 0.05) is 6.61 Å². The zero-order chi connectivity index (χ0) is 25.1. The van der Waals surface area contributed by atoms with Gasteiger partial charge in [-0.1, -0.05) is 36.4 Å². The SMILES string of the molecule is COc1ccc(CC(CCCOB([O-])[O-])(Cc2ccc(OC)cc2)Cc2ccc(OC)cc2)cc1.[Na+].[Na+]. The van der Waals surface area contributed by atoms with Crippen LogP contribution in [0.1, 0.15) is 29.5 Å². The summed E-state index contributed by atoms with van der Waals surface area (Å²) in [7, 11) is 2.72. The van der Waals surface area contributed by atoms with Crippen molar-refractivity contribution in [3.05, 3.63) is 89.5 Å². The molecule has 9 heteroatoms. The van der Waals surface area contributed by atoms with Crippen LogP contribution in [0, 0.1) is 5.41 Å². The van der Waals surface area contributed by atoms with E-state index in [1.807, 2.05) is 36.4 Å². The van der Waals surface area contributed by atoms with E-state index in [9.17, 15) is 10.0 Å². The number of benzene rings is 3. The van der Waals surface area contributed by atoms with Crippen molar-refractivity contribution < 1.29 is 88.0 Å². The third-order valence-corrected chi connectivity index (χ3v) is 6.32. The van der Waals surface area contributed by atoms with Crippen molar-refractivity contribution in [2.24, 2.45) is 5.41 Å². The second-order valence-corrected chi connectivity index (χ2v) is 8.84. The fourth-order valence-corrected chi connectivity index (χ4v) is 4.61. The molecule has 186 valence electrons. The normalized spacial score (nSPS) is 10.6. The van der Waals surface area contributed by atoms with Crippen molar-refractivity contribution in [2.75, 3.05) is 27.9 Å². The van der Waals surface area contributed by atoms with Gasteiger partial charge < -0.3 is 28.9 Å². The molecule has 6 nitrogen and oxygen atoms in total. The van der Waals surface area contributed by atoms with Gasteiger partial charge in [-0.05, 0) is 90.6 Å². The zero-order valence-electron chi connectivity index (χ0n) is 22.7. The number of rotatable bonds is 14. The van der Waals surface area contributed by atoms with Crippen molar-refractivity contribution in [1.82, 2.24) is 0 Å². The van der Waals surface area contributed by atoms with Gasteiger partial charge in [0.2, 0.25) is 0 Å². The summed E-state index contributed by atoms with van der Waals surface area (Å²) in [4.78, 5) is 0. The molecule has 0 amide bonds. The maximum Gasteiger partial charge on any atom is 1.00 e. The Balaban J connectivity index is 0.00000342. The zero-order valence-corrected chi connectivity index (χ0v) is 26.7. The topological polar surface area (TPSA) is 83.0 Å². The van der Waals surface area contributed by atoms with Crippen molar-refractivity contribution in [2.45, 2.75) is 32.1 Å². The Labute approximate surface area is 265 Å². The molecular formula is C28H33BNa2O6. The second-order valence-electron chi connectivity index (χ2n) is 8.84. The summed E-state index contributed by atoms with van der Waals surface area (Å²) in [6.07, 6.45) is 3.83. The molecule has 0 heterocycles. The average molecular weight is 522 g/mol. The Morgan fingerprint density at radius 2 is 0.919 bits per heavy atom. The summed E-state index contributed by atoms with van der Waals surface area (Å²) in [6.45, 7) is 0.146. The molecule has 3 rings (SSSR count). The van der Waals surface area contributed by atoms with Gasteiger partial charge in [-0.3, -0.25) is 0 Å². The van der Waals surface area contributed by atoms with E-state index >= 15 is 0 Å². The summed E-state index contributed by atoms with van der Waals surface area (Å²) < 4.78 is 20.8. The van der Waals surface area contributed by atoms with E-state index in [0.717, 1.165) is 42.9 Å². The van der Waals surface area contributed by atoms with Crippen molar-refractivity contribution in [1.29, 1.82) is 0 Å². The van der Waals surface area contributed by atoms with Crippen LogP contribution in [0.2, 0.25) is 0 Å². The molecule has 0 aliphatic rings. The molecule has 0 saturated heterocycles. The van der Waals surface area contributed by atoms with Crippen LogP contribution in [0.4, 0.5) is 0 Å². The van der Waals surface area contributed by atoms with Crippen LogP contribution in [-0.4, -0.2) is 35.3 Å². The van der Waals surface area contributed by atoms with Crippen LogP contribution in [0.5, 0.6) is 17.2 Å². The fraction of sp³-hybridized carbons (Fsp3) is 0.357. The molecule has 0 bridgehead atoms. The smallest absolute Gasteiger partial charge is 0.871 e. The molecule has 0 fully saturated rings. The third-order valence-electron chi connectivity index (χ3n) is 6.32. The van der Waals surface area contributed by atoms with Gasteiger partial charge in [0.25, 0.3) is 0 Å². The quantitative estimate of drug-likeness (QED) is 0.169. The second kappa shape index (κ2) is 17.6. The Kier molecular flexibility index (Phi) is 16.2. The van der Waals surface area contributed by atoms with Crippen molar-refractivity contribution >= 4 is 7.32 Å². The van der Waals surface area contributed by atoms with Crippen LogP contribution in [0.3, 0.4) is 0 Å². The van der Waals surface area contributed by atoms with E-state index in [1.165, 1.54) is 16.7 Å². The first-order valence-electron chi connectivity index (χ1n) is 11.8. The van der Waals surface area contributed by atoms with E-state index in [2.05, 4.69) is 36.4 Å². The summed E-state index contributed by atoms with van der Waals surface area (Å²) >= 11 is 0. The standard InChI is InChI=1S/C28H33BO6.2Na/c1-32-25-11-5-22(6-12-25)19-28(17-4-18-35-29(30)31,20-23-7-13-26(33-2)14-8-23)21-24-9-15-27(34-3)16-10-24;;/h5-16H,4,17-21H2,1-3H3;;/q-2;2*+1. The molecule has 0 aromatic heterocycles. The Hall–Kier alpha value is -0.995. The minimum atomic E-state index is -2.26. The van der Waals surface area contributed by atoms with E-state index in [4.69, 9.17) is 18.9 Å². The van der Waals surface area contributed by atoms with Crippen molar-refractivity contribution in [3.63, 3.8) is 0 Å². The molecule has 3 aromatic carbocycles. The van der Waals surface area contributed by atoms with Crippen LogP contribution < -0.4 is 83.4 Å². The largest absolute Gasteiger partial charge is 1.00 e. The molecule has 0 aliphatic heterocycles. The third kappa shape index (κ3) is 11.3. The van der Waals surface area contributed by atoms with Gasteiger partial charge in [0.05, 0.1) is 28.7 Å². The Bertz CT molecular complexity index is 894. The van der Waals surface area contributed by atoms with Gasteiger partial charge >= 0.3 is 59.1 Å². The van der Waals surface area contributed by atoms with Gasteiger partial charge in [0.1, 0.15) is 17.2 Å². The number of ether oxygens (including phenoxy) is 3. The molecule has 0 unspecified atom stereocenters. The van der Waals surface area contributed by atoms with Gasteiger partial charge in [-0.25, -0.2) is 0 Å². The Morgan fingerprint density at radius 3 is 1.19 bits per heavy atom. The number of methoxy groups -OCH3 is 3. The van der Waals surface area contributed by atoms with E-state index < -0.39 is 7.32 Å². The molecule has 0 aliphatic carbocycles. The van der Waals surface area contributed by atoms with E-state index in [0.29, 0.717) is 6.42 Å². The van der Waals surface area contributed by atoms with Gasteiger partial charge in [-0.15, -0.1) is 0 Å². The fourth-order valence-electron chi connectivity index (χ4n) is 4.61. The summed E-state index contributed by atoms with van der Waals surface area (Å²) in [5.41, 5.74) is 3.40. The monoisotopic (exact) mass is 522 g/mol. The van der Waals surface area contributed by atoms with Crippen LogP contribution in [-0.2, 0) is 23.9 Å². The molecule has 0 saturated carbocycles. The summed E-state index contributed by atoms with van der Waals surface area (Å²) in [6, 6.07) is 24.4. The summed E-state index contributed by atoms with van der Waals surface area (Å²) in [5, 5.41) is 21.8.